The van der Waals surface area contributed by atoms with Crippen LogP contribution in [-0.4, -0.2) is 4.57 Å². The van der Waals surface area contributed by atoms with Gasteiger partial charge in [-0.25, -0.2) is 0 Å². The third-order valence-electron chi connectivity index (χ3n) is 4.11. The molecule has 0 spiro atoms. The van der Waals surface area contributed by atoms with Crippen molar-refractivity contribution in [2.75, 3.05) is 0 Å². The van der Waals surface area contributed by atoms with Gasteiger partial charge in [-0.1, -0.05) is 36.4 Å². The van der Waals surface area contributed by atoms with Crippen molar-refractivity contribution in [3.63, 3.8) is 0 Å². The summed E-state index contributed by atoms with van der Waals surface area (Å²) in [6.45, 7) is 2.06. The zero-order valence-electron chi connectivity index (χ0n) is 12.6. The number of para-hydroxylation sites is 2. The van der Waals surface area contributed by atoms with E-state index < -0.39 is 0 Å². The van der Waals surface area contributed by atoms with Gasteiger partial charge in [-0.15, -0.1) is 0 Å². The van der Waals surface area contributed by atoms with Gasteiger partial charge in [0.05, 0.1) is 21.2 Å². The minimum Gasteiger partial charge on any atom is -0.408 e. The van der Waals surface area contributed by atoms with Crippen LogP contribution in [0.1, 0.15) is 5.56 Å². The molecule has 1 heterocycles. The standard InChI is InChI=1S/C19H15BrN2O/c1-12-10-15(20)19(23-21)18(11-12)22-16-8-4-2-6-13(16)14-7-3-5-9-17(14)22/h2-11H,21H2,1H3. The first kappa shape index (κ1) is 14.3. The number of aromatic nitrogens is 1. The predicted octanol–water partition coefficient (Wildman–Crippen LogP) is 5.11. The van der Waals surface area contributed by atoms with E-state index in [9.17, 15) is 0 Å². The highest BCUT2D eigenvalue weighted by atomic mass is 79.9. The van der Waals surface area contributed by atoms with Crippen molar-refractivity contribution in [2.45, 2.75) is 6.92 Å². The number of nitrogens with two attached hydrogens (primary N) is 1. The second-order valence-electron chi connectivity index (χ2n) is 5.58. The zero-order valence-corrected chi connectivity index (χ0v) is 14.2. The summed E-state index contributed by atoms with van der Waals surface area (Å²) >= 11 is 3.55. The highest BCUT2D eigenvalue weighted by Crippen LogP contribution is 2.38. The fourth-order valence-electron chi connectivity index (χ4n) is 3.18. The van der Waals surface area contributed by atoms with Crippen molar-refractivity contribution in [1.29, 1.82) is 0 Å². The molecule has 0 radical (unpaired) electrons. The number of hydrogen-bond donors (Lipinski definition) is 1. The highest BCUT2D eigenvalue weighted by Gasteiger charge is 2.17. The molecule has 23 heavy (non-hydrogen) atoms. The smallest absolute Gasteiger partial charge is 0.184 e. The van der Waals surface area contributed by atoms with E-state index in [4.69, 9.17) is 10.7 Å². The van der Waals surface area contributed by atoms with Crippen molar-refractivity contribution >= 4 is 37.7 Å². The van der Waals surface area contributed by atoms with Crippen LogP contribution < -0.4 is 10.7 Å². The lowest BCUT2D eigenvalue weighted by Gasteiger charge is -2.14. The van der Waals surface area contributed by atoms with Gasteiger partial charge in [-0.05, 0) is 52.7 Å². The van der Waals surface area contributed by atoms with Gasteiger partial charge in [-0.3, -0.25) is 0 Å². The molecule has 3 nitrogen and oxygen atoms in total. The zero-order chi connectivity index (χ0) is 16.0. The molecule has 4 aromatic rings. The molecule has 0 unspecified atom stereocenters. The van der Waals surface area contributed by atoms with Crippen LogP contribution in [0, 0.1) is 6.92 Å². The van der Waals surface area contributed by atoms with Crippen LogP contribution in [0.2, 0.25) is 0 Å². The maximum absolute atomic E-state index is 5.55. The molecular formula is C19H15BrN2O. The first-order valence-electron chi connectivity index (χ1n) is 7.36. The first-order valence-corrected chi connectivity index (χ1v) is 8.15. The average Bonchev–Trinajstić information content (AvgIpc) is 2.89. The quantitative estimate of drug-likeness (QED) is 0.501. The molecule has 0 fully saturated rings. The Morgan fingerprint density at radius 2 is 1.48 bits per heavy atom. The van der Waals surface area contributed by atoms with Crippen molar-refractivity contribution in [3.8, 4) is 11.4 Å². The minimum atomic E-state index is 0.627. The molecule has 1 aromatic heterocycles. The van der Waals surface area contributed by atoms with Crippen LogP contribution in [0.5, 0.6) is 5.75 Å². The van der Waals surface area contributed by atoms with Gasteiger partial charge in [-0.2, -0.15) is 5.90 Å². The molecule has 2 N–H and O–H groups in total. The summed E-state index contributed by atoms with van der Waals surface area (Å²) < 4.78 is 3.04. The van der Waals surface area contributed by atoms with Crippen molar-refractivity contribution < 1.29 is 4.84 Å². The Kier molecular flexibility index (Phi) is 3.36. The largest absolute Gasteiger partial charge is 0.408 e. The third-order valence-corrected chi connectivity index (χ3v) is 4.70. The van der Waals surface area contributed by atoms with Gasteiger partial charge in [0.1, 0.15) is 0 Å². The van der Waals surface area contributed by atoms with Crippen LogP contribution in [0.15, 0.2) is 65.1 Å². The minimum absolute atomic E-state index is 0.627. The number of benzene rings is 3. The van der Waals surface area contributed by atoms with Crippen LogP contribution >= 0.6 is 15.9 Å². The lowest BCUT2D eigenvalue weighted by atomic mass is 10.2. The number of aryl methyl sites for hydroxylation is 1. The van der Waals surface area contributed by atoms with Gasteiger partial charge in [0.25, 0.3) is 0 Å². The van der Waals surface area contributed by atoms with Gasteiger partial charge in [0.15, 0.2) is 5.75 Å². The van der Waals surface area contributed by atoms with Gasteiger partial charge >= 0.3 is 0 Å². The number of halogens is 1. The molecular weight excluding hydrogens is 352 g/mol. The summed E-state index contributed by atoms with van der Waals surface area (Å²) in [4.78, 5) is 5.19. The summed E-state index contributed by atoms with van der Waals surface area (Å²) in [5.74, 6) is 6.18. The second kappa shape index (κ2) is 5.41. The molecule has 4 rings (SSSR count). The molecule has 0 aliphatic rings. The topological polar surface area (TPSA) is 40.2 Å². The van der Waals surface area contributed by atoms with E-state index in [2.05, 4.69) is 69.9 Å². The van der Waals surface area contributed by atoms with E-state index in [1.807, 2.05) is 18.2 Å². The van der Waals surface area contributed by atoms with E-state index >= 15 is 0 Å². The Balaban J connectivity index is 2.21. The molecule has 0 amide bonds. The molecule has 0 saturated heterocycles. The molecule has 114 valence electrons. The van der Waals surface area contributed by atoms with Crippen LogP contribution in [0.3, 0.4) is 0 Å². The Morgan fingerprint density at radius 1 is 0.913 bits per heavy atom. The fraction of sp³-hybridized carbons (Fsp3) is 0.0526. The maximum Gasteiger partial charge on any atom is 0.184 e. The van der Waals surface area contributed by atoms with E-state index in [1.165, 1.54) is 10.8 Å². The Labute approximate surface area is 142 Å². The summed E-state index contributed by atoms with van der Waals surface area (Å²) in [5, 5.41) is 2.42. The monoisotopic (exact) mass is 366 g/mol. The van der Waals surface area contributed by atoms with Crippen molar-refractivity contribution in [3.05, 3.63) is 70.7 Å². The lowest BCUT2D eigenvalue weighted by Crippen LogP contribution is -2.07. The Bertz CT molecular complexity index is 983. The molecule has 0 aliphatic carbocycles. The molecule has 0 saturated carbocycles. The second-order valence-corrected chi connectivity index (χ2v) is 6.44. The normalized spacial score (nSPS) is 11.3. The predicted molar refractivity (Wildman–Crippen MR) is 98.0 cm³/mol. The summed E-state index contributed by atoms with van der Waals surface area (Å²) in [5.41, 5.74) is 4.32. The van der Waals surface area contributed by atoms with E-state index in [-0.39, 0.29) is 0 Å². The van der Waals surface area contributed by atoms with Crippen LogP contribution in [0.25, 0.3) is 27.5 Å². The number of nitrogens with zero attached hydrogens (tertiary/aromatic N) is 1. The SMILES string of the molecule is Cc1cc(Br)c(ON)c(-n2c3ccccc3c3ccccc32)c1. The van der Waals surface area contributed by atoms with Gasteiger partial charge < -0.3 is 9.40 Å². The molecule has 0 bridgehead atoms. The Morgan fingerprint density at radius 3 is 2.04 bits per heavy atom. The third kappa shape index (κ3) is 2.14. The molecule has 4 heteroatoms. The van der Waals surface area contributed by atoms with Crippen LogP contribution in [-0.2, 0) is 0 Å². The van der Waals surface area contributed by atoms with Crippen LogP contribution in [0.4, 0.5) is 0 Å². The summed E-state index contributed by atoms with van der Waals surface area (Å²) in [6, 6.07) is 20.8. The van der Waals surface area contributed by atoms with Gasteiger partial charge in [0.2, 0.25) is 0 Å². The summed E-state index contributed by atoms with van der Waals surface area (Å²) in [7, 11) is 0. The highest BCUT2D eigenvalue weighted by molar-refractivity contribution is 9.10. The molecule has 3 aromatic carbocycles. The van der Waals surface area contributed by atoms with Gasteiger partial charge in [0, 0.05) is 10.8 Å². The number of hydrogen-bond acceptors (Lipinski definition) is 2. The maximum atomic E-state index is 5.55. The lowest BCUT2D eigenvalue weighted by molar-refractivity contribution is 0.331. The number of fused-ring (bicyclic) bond motifs is 3. The van der Waals surface area contributed by atoms with Crippen molar-refractivity contribution in [1.82, 2.24) is 4.57 Å². The Hall–Kier alpha value is -2.30. The molecule has 0 aliphatic heterocycles. The van der Waals surface area contributed by atoms with E-state index in [0.29, 0.717) is 5.75 Å². The van der Waals surface area contributed by atoms with E-state index in [0.717, 1.165) is 26.8 Å². The fourth-order valence-corrected chi connectivity index (χ4v) is 3.83. The average molecular weight is 367 g/mol. The number of rotatable bonds is 2. The summed E-state index contributed by atoms with van der Waals surface area (Å²) in [6.07, 6.45) is 0. The van der Waals surface area contributed by atoms with E-state index in [1.54, 1.807) is 0 Å². The molecule has 0 atom stereocenters. The first-order chi connectivity index (χ1) is 11.2. The van der Waals surface area contributed by atoms with Crippen molar-refractivity contribution in [2.24, 2.45) is 5.90 Å².